The Morgan fingerprint density at radius 1 is 1.18 bits per heavy atom. The fourth-order valence-corrected chi connectivity index (χ4v) is 3.07. The summed E-state index contributed by atoms with van der Waals surface area (Å²) in [6.45, 7) is 2.82. The smallest absolute Gasteiger partial charge is 0.255 e. The normalized spacial score (nSPS) is 15.2. The van der Waals surface area contributed by atoms with Crippen molar-refractivity contribution in [1.82, 2.24) is 4.98 Å². The van der Waals surface area contributed by atoms with Crippen LogP contribution in [0.25, 0.3) is 17.5 Å². The molecule has 4 rings (SSSR count). The minimum atomic E-state index is -0.162. The van der Waals surface area contributed by atoms with Crippen LogP contribution in [0.1, 0.15) is 17.3 Å². The van der Waals surface area contributed by atoms with Gasteiger partial charge >= 0.3 is 0 Å². The summed E-state index contributed by atoms with van der Waals surface area (Å²) in [7, 11) is 3.89. The molecule has 0 fully saturated rings. The zero-order valence-corrected chi connectivity index (χ0v) is 16.1. The first-order valence-corrected chi connectivity index (χ1v) is 9.22. The van der Waals surface area contributed by atoms with E-state index in [-0.39, 0.29) is 5.91 Å². The number of hydrogen-bond acceptors (Lipinski definition) is 5. The third-order valence-electron chi connectivity index (χ3n) is 4.59. The van der Waals surface area contributed by atoms with E-state index in [1.54, 1.807) is 6.07 Å². The van der Waals surface area contributed by atoms with Gasteiger partial charge in [-0.05, 0) is 48.4 Å². The minimum Gasteiger partial charge on any atom is -0.435 e. The maximum Gasteiger partial charge on any atom is 0.255 e. The molecule has 0 spiro atoms. The lowest BCUT2D eigenvalue weighted by molar-refractivity contribution is 0.102. The van der Waals surface area contributed by atoms with Gasteiger partial charge in [-0.15, -0.1) is 0 Å². The first-order valence-electron chi connectivity index (χ1n) is 9.22. The van der Waals surface area contributed by atoms with Gasteiger partial charge in [0.05, 0.1) is 0 Å². The molecule has 1 atom stereocenters. The number of benzene rings is 2. The first kappa shape index (κ1) is 18.0. The van der Waals surface area contributed by atoms with Crippen molar-refractivity contribution in [3.8, 4) is 11.5 Å². The van der Waals surface area contributed by atoms with Gasteiger partial charge in [0, 0.05) is 43.1 Å². The Hall–Kier alpha value is -3.41. The van der Waals surface area contributed by atoms with Crippen LogP contribution in [0.5, 0.6) is 0 Å². The van der Waals surface area contributed by atoms with Crippen molar-refractivity contribution in [1.29, 1.82) is 0 Å². The average Bonchev–Trinajstić information content (AvgIpc) is 3.11. The molecule has 1 amide bonds. The number of carbonyl (C=O) groups is 1. The molecular weight excluding hydrogens is 352 g/mol. The molecule has 6 nitrogen and oxygen atoms in total. The second-order valence-corrected chi connectivity index (χ2v) is 7.17. The molecule has 3 aromatic rings. The molecule has 0 bridgehead atoms. The average molecular weight is 374 g/mol. The highest BCUT2D eigenvalue weighted by atomic mass is 16.3. The number of rotatable bonds is 4. The van der Waals surface area contributed by atoms with Crippen LogP contribution >= 0.6 is 0 Å². The van der Waals surface area contributed by atoms with Gasteiger partial charge in [-0.2, -0.15) is 4.98 Å². The van der Waals surface area contributed by atoms with E-state index in [0.29, 0.717) is 34.0 Å². The van der Waals surface area contributed by atoms with Crippen LogP contribution < -0.4 is 21.1 Å². The summed E-state index contributed by atoms with van der Waals surface area (Å²) in [5, 5.41) is 2.95. The lowest BCUT2D eigenvalue weighted by Gasteiger charge is -2.13. The number of anilines is 2. The number of nitrogens with zero attached hydrogens (tertiary/aromatic N) is 3. The molecule has 0 saturated heterocycles. The summed E-state index contributed by atoms with van der Waals surface area (Å²) in [6.07, 6.45) is 2.04. The van der Waals surface area contributed by atoms with Crippen molar-refractivity contribution >= 4 is 23.4 Å². The molecule has 0 radical (unpaired) electrons. The molecule has 6 heteroatoms. The summed E-state index contributed by atoms with van der Waals surface area (Å²) in [5.41, 5.74) is 4.41. The van der Waals surface area contributed by atoms with Gasteiger partial charge in [0.15, 0.2) is 10.9 Å². The third kappa shape index (κ3) is 3.67. The minimum absolute atomic E-state index is 0.162. The topological polar surface area (TPSA) is 70.7 Å². The molecule has 2 heterocycles. The number of fused-ring (bicyclic) bond motifs is 1. The van der Waals surface area contributed by atoms with Crippen molar-refractivity contribution in [2.75, 3.05) is 30.9 Å². The summed E-state index contributed by atoms with van der Waals surface area (Å²) >= 11 is 0. The van der Waals surface area contributed by atoms with Gasteiger partial charge in [-0.25, -0.2) is 0 Å². The number of oxazole rings is 1. The van der Waals surface area contributed by atoms with Crippen LogP contribution in [0.15, 0.2) is 57.9 Å². The number of amides is 1. The number of aromatic nitrogens is 1. The van der Waals surface area contributed by atoms with E-state index in [9.17, 15) is 4.79 Å². The summed E-state index contributed by atoms with van der Waals surface area (Å²) in [5.74, 6) is 0.686. The summed E-state index contributed by atoms with van der Waals surface area (Å²) in [4.78, 5) is 23.5. The van der Waals surface area contributed by atoms with E-state index in [0.717, 1.165) is 17.8 Å². The van der Waals surface area contributed by atoms with E-state index in [4.69, 9.17) is 4.42 Å². The molecular formula is C22H22N4O2. The zero-order chi connectivity index (χ0) is 19.7. The Kier molecular flexibility index (Phi) is 4.69. The Labute approximate surface area is 163 Å². The van der Waals surface area contributed by atoms with Crippen molar-refractivity contribution in [3.63, 3.8) is 0 Å². The second kappa shape index (κ2) is 7.31. The fourth-order valence-electron chi connectivity index (χ4n) is 3.07. The molecule has 1 N–H and O–H groups in total. The van der Waals surface area contributed by atoms with Crippen LogP contribution in [0.2, 0.25) is 0 Å². The highest BCUT2D eigenvalue weighted by Gasteiger charge is 2.13. The van der Waals surface area contributed by atoms with Gasteiger partial charge in [-0.1, -0.05) is 19.1 Å². The van der Waals surface area contributed by atoms with Crippen LogP contribution in [0.3, 0.4) is 0 Å². The largest absolute Gasteiger partial charge is 0.435 e. The summed E-state index contributed by atoms with van der Waals surface area (Å²) in [6, 6.07) is 15.0. The molecule has 1 aliphatic heterocycles. The van der Waals surface area contributed by atoms with Gasteiger partial charge in [0.2, 0.25) is 5.89 Å². The predicted octanol–water partition coefficient (Wildman–Crippen LogP) is 2.71. The predicted molar refractivity (Wildman–Crippen MR) is 110 cm³/mol. The number of hydrogen-bond donors (Lipinski definition) is 1. The van der Waals surface area contributed by atoms with Gasteiger partial charge in [-0.3, -0.25) is 9.79 Å². The van der Waals surface area contributed by atoms with E-state index >= 15 is 0 Å². The third-order valence-corrected chi connectivity index (χ3v) is 4.59. The number of carbonyl (C=O) groups excluding carboxylic acids is 1. The fraction of sp³-hybridized carbons (Fsp3) is 0.227. The van der Waals surface area contributed by atoms with E-state index < -0.39 is 0 Å². The number of nitrogens with one attached hydrogen (secondary N) is 1. The molecule has 1 unspecified atom stereocenters. The van der Waals surface area contributed by atoms with Crippen LogP contribution in [-0.2, 0) is 0 Å². The van der Waals surface area contributed by atoms with E-state index in [1.807, 2.05) is 67.5 Å². The maximum absolute atomic E-state index is 12.6. The molecule has 0 saturated carbocycles. The maximum atomic E-state index is 12.6. The van der Waals surface area contributed by atoms with Gasteiger partial charge in [0.1, 0.15) is 0 Å². The lowest BCUT2D eigenvalue weighted by atomic mass is 10.1. The SMILES string of the molecule is CC1C=c2oc(-c3cccc(NC(=O)c4cccc(N(C)C)c4)c3)nc2=NC1. The Balaban J connectivity index is 1.59. The molecule has 1 aliphatic rings. The van der Waals surface area contributed by atoms with Crippen molar-refractivity contribution in [3.05, 3.63) is 65.0 Å². The Morgan fingerprint density at radius 3 is 2.82 bits per heavy atom. The van der Waals surface area contributed by atoms with Gasteiger partial charge < -0.3 is 14.6 Å². The molecule has 1 aromatic heterocycles. The van der Waals surface area contributed by atoms with Crippen LogP contribution in [0.4, 0.5) is 11.4 Å². The Morgan fingerprint density at radius 2 is 2.00 bits per heavy atom. The highest BCUT2D eigenvalue weighted by Crippen LogP contribution is 2.21. The van der Waals surface area contributed by atoms with Crippen molar-refractivity contribution in [2.24, 2.45) is 10.9 Å². The van der Waals surface area contributed by atoms with E-state index in [2.05, 4.69) is 22.2 Å². The Bertz CT molecular complexity index is 1150. The van der Waals surface area contributed by atoms with E-state index in [1.165, 1.54) is 0 Å². The molecule has 28 heavy (non-hydrogen) atoms. The van der Waals surface area contributed by atoms with Gasteiger partial charge in [0.25, 0.3) is 5.91 Å². The monoisotopic (exact) mass is 374 g/mol. The highest BCUT2D eigenvalue weighted by molar-refractivity contribution is 6.05. The van der Waals surface area contributed by atoms with Crippen LogP contribution in [-0.4, -0.2) is 31.5 Å². The van der Waals surface area contributed by atoms with Crippen molar-refractivity contribution in [2.45, 2.75) is 6.92 Å². The zero-order valence-electron chi connectivity index (χ0n) is 16.1. The molecule has 0 aliphatic carbocycles. The summed E-state index contributed by atoms with van der Waals surface area (Å²) < 4.78 is 5.87. The van der Waals surface area contributed by atoms with Crippen molar-refractivity contribution < 1.29 is 9.21 Å². The standard InChI is InChI=1S/C22H22N4O2/c1-14-10-19-20(23-13-14)25-22(28-19)16-7-4-8-17(11-16)24-21(27)15-6-5-9-18(12-15)26(2)3/h4-12,14H,13H2,1-3H3,(H,24,27). The second-order valence-electron chi connectivity index (χ2n) is 7.17. The molecule has 142 valence electrons. The van der Waals surface area contributed by atoms with Crippen LogP contribution in [0, 0.1) is 5.92 Å². The quantitative estimate of drug-likeness (QED) is 0.762. The first-order chi connectivity index (χ1) is 13.5. The molecule has 2 aromatic carbocycles. The lowest BCUT2D eigenvalue weighted by Crippen LogP contribution is -2.28.